The molecule has 5 aromatic rings. The smallest absolute Gasteiger partial charge is 0.407 e. The molecule has 7 rings (SSSR count). The number of fused-ring (bicyclic) bond motifs is 1. The lowest BCUT2D eigenvalue weighted by molar-refractivity contribution is -0.129. The number of ether oxygens (including phenoxy) is 3. The van der Waals surface area contributed by atoms with Crippen LogP contribution in [0.2, 0.25) is 0 Å². The Bertz CT molecular complexity index is 2300. The second-order valence-corrected chi connectivity index (χ2v) is 15.5. The van der Waals surface area contributed by atoms with Gasteiger partial charge in [0.2, 0.25) is 11.8 Å². The number of carbonyl (C=O) groups is 4. The van der Waals surface area contributed by atoms with Crippen LogP contribution in [0.15, 0.2) is 73.1 Å². The molecule has 0 bridgehead atoms. The van der Waals surface area contributed by atoms with E-state index in [-0.39, 0.29) is 23.7 Å². The molecule has 6 N–H and O–H groups in total. The number of alkyl carbamates (subject to hydrolysis) is 1. The lowest BCUT2D eigenvalue weighted by Crippen LogP contribution is -2.52. The maximum atomic E-state index is 13.4. The number of rotatable bonds is 13. The predicted octanol–water partition coefficient (Wildman–Crippen LogP) is 6.20. The van der Waals surface area contributed by atoms with Crippen molar-refractivity contribution in [3.05, 3.63) is 84.7 Å². The van der Waals surface area contributed by atoms with Crippen LogP contribution in [0.1, 0.15) is 63.3 Å². The summed E-state index contributed by atoms with van der Waals surface area (Å²) < 4.78 is 15.7. The number of imidazole rings is 2. The van der Waals surface area contributed by atoms with Crippen molar-refractivity contribution in [2.45, 2.75) is 63.7 Å². The minimum atomic E-state index is -1.15. The number of hydrogen-bond acceptors (Lipinski definition) is 9. The van der Waals surface area contributed by atoms with Gasteiger partial charge in [0.15, 0.2) is 0 Å². The Balaban J connectivity index is 0.980. The second kappa shape index (κ2) is 18.8. The zero-order chi connectivity index (χ0) is 42.3. The van der Waals surface area contributed by atoms with E-state index in [1.54, 1.807) is 12.4 Å². The second-order valence-electron chi connectivity index (χ2n) is 15.5. The fourth-order valence-electron chi connectivity index (χ4n) is 8.07. The van der Waals surface area contributed by atoms with Crippen LogP contribution in [-0.2, 0) is 23.8 Å². The highest BCUT2D eigenvalue weighted by Crippen LogP contribution is 2.31. The molecular weight excluding hydrogens is 769 g/mol. The molecule has 2 fully saturated rings. The normalized spacial score (nSPS) is 16.9. The molecule has 0 aliphatic carbocycles. The number of amides is 4. The molecule has 60 heavy (non-hydrogen) atoms. The zero-order valence-electron chi connectivity index (χ0n) is 34.2. The molecule has 0 unspecified atom stereocenters. The number of nitrogens with one attached hydrogen (secondary N) is 5. The Morgan fingerprint density at radius 3 is 1.75 bits per heavy atom. The standard InChI is InChI=1S/C44H52N8O8/c1-25(47-41(53)37(51-43(55)58-4)29-13-17-59-18-14-29)39-46-24-36(50-39)34-12-11-32-21-31(9-10-33(32)22-34)27-5-7-28(8-6-27)35-23-45-40(49-35)26(2)48-42(54)38(52(3)44(56)57)30-15-19-60-20-16-30/h5-12,21-26,29-30,37-38H,13-20H2,1-4H3,(H,45,49)(H,46,50)(H,47,53)(H,48,54)(H,51,55)(H,56,57)/t25-,26-,37-,38-/m0/s1. The Morgan fingerprint density at radius 2 is 1.18 bits per heavy atom. The topological polar surface area (TPSA) is 213 Å². The number of methoxy groups -OCH3 is 1. The SMILES string of the molecule is COC(=O)N[C@H](C(=O)N[C@@H](C)c1ncc(-c2ccc3cc(-c4ccc(-c5cnc([C@H](C)NC(=O)[C@H](C6CCOCC6)N(C)C(=O)O)[nH]5)cc4)ccc3c2)[nH]1)C1CCOCC1. The molecule has 3 aromatic carbocycles. The molecule has 4 atom stereocenters. The summed E-state index contributed by atoms with van der Waals surface area (Å²) in [6.07, 6.45) is 4.22. The molecule has 16 heteroatoms. The number of aromatic amines is 2. The minimum absolute atomic E-state index is 0.0668. The van der Waals surface area contributed by atoms with Crippen molar-refractivity contribution in [1.29, 1.82) is 0 Å². The third-order valence-corrected chi connectivity index (χ3v) is 11.6. The summed E-state index contributed by atoms with van der Waals surface area (Å²) >= 11 is 0. The molecule has 2 aliphatic heterocycles. The van der Waals surface area contributed by atoms with Gasteiger partial charge in [0, 0.05) is 39.0 Å². The van der Waals surface area contributed by atoms with Gasteiger partial charge in [0.25, 0.3) is 0 Å². The van der Waals surface area contributed by atoms with E-state index < -0.39 is 36.4 Å². The number of benzene rings is 3. The number of H-pyrrole nitrogens is 2. The number of aromatic nitrogens is 4. The first-order chi connectivity index (χ1) is 29.0. The van der Waals surface area contributed by atoms with Crippen molar-refractivity contribution in [3.8, 4) is 33.6 Å². The van der Waals surface area contributed by atoms with E-state index in [2.05, 4.69) is 78.4 Å². The summed E-state index contributed by atoms with van der Waals surface area (Å²) in [6, 6.07) is 18.2. The molecule has 0 spiro atoms. The summed E-state index contributed by atoms with van der Waals surface area (Å²) in [5.41, 5.74) is 5.58. The van der Waals surface area contributed by atoms with Crippen LogP contribution in [-0.4, -0.2) is 107 Å². The van der Waals surface area contributed by atoms with Crippen molar-refractivity contribution >= 4 is 34.8 Å². The third kappa shape index (κ3) is 9.61. The quantitative estimate of drug-likeness (QED) is 0.0792. The highest BCUT2D eigenvalue weighted by atomic mass is 16.5. The van der Waals surface area contributed by atoms with Gasteiger partial charge in [0.1, 0.15) is 23.7 Å². The van der Waals surface area contributed by atoms with Crippen molar-refractivity contribution in [3.63, 3.8) is 0 Å². The van der Waals surface area contributed by atoms with Crippen molar-refractivity contribution < 1.29 is 38.5 Å². The van der Waals surface area contributed by atoms with Crippen molar-refractivity contribution in [2.75, 3.05) is 40.6 Å². The van der Waals surface area contributed by atoms with E-state index in [4.69, 9.17) is 14.2 Å². The van der Waals surface area contributed by atoms with Crippen LogP contribution in [0.3, 0.4) is 0 Å². The molecule has 0 saturated carbocycles. The highest BCUT2D eigenvalue weighted by Gasteiger charge is 2.36. The summed E-state index contributed by atoms with van der Waals surface area (Å²) in [6.45, 7) is 5.73. The third-order valence-electron chi connectivity index (χ3n) is 11.6. The largest absolute Gasteiger partial charge is 0.465 e. The fraction of sp³-hybridized carbons (Fsp3) is 0.409. The lowest BCUT2D eigenvalue weighted by Gasteiger charge is -2.34. The molecule has 4 amide bonds. The van der Waals surface area contributed by atoms with Gasteiger partial charge in [-0.2, -0.15) is 0 Å². The van der Waals surface area contributed by atoms with Crippen molar-refractivity contribution in [2.24, 2.45) is 11.8 Å². The lowest BCUT2D eigenvalue weighted by atomic mass is 9.90. The molecule has 0 radical (unpaired) electrons. The molecule has 316 valence electrons. The minimum Gasteiger partial charge on any atom is -0.465 e. The molecule has 2 aliphatic rings. The number of carboxylic acid groups (broad SMARTS) is 1. The van der Waals surface area contributed by atoms with Gasteiger partial charge in [0.05, 0.1) is 43.0 Å². The summed E-state index contributed by atoms with van der Waals surface area (Å²) in [7, 11) is 2.71. The van der Waals surface area contributed by atoms with Gasteiger partial charge in [-0.15, -0.1) is 0 Å². The van der Waals surface area contributed by atoms with E-state index in [0.717, 1.165) is 49.3 Å². The number of nitrogens with zero attached hydrogens (tertiary/aromatic N) is 3. The first-order valence-corrected chi connectivity index (χ1v) is 20.3. The Kier molecular flexibility index (Phi) is 13.1. The molecular formula is C44H52N8O8. The van der Waals surface area contributed by atoms with Crippen LogP contribution < -0.4 is 16.0 Å². The first-order valence-electron chi connectivity index (χ1n) is 20.3. The van der Waals surface area contributed by atoms with Crippen LogP contribution in [0, 0.1) is 11.8 Å². The Labute approximate surface area is 347 Å². The maximum absolute atomic E-state index is 13.4. The Hall–Kier alpha value is -6.26. The molecule has 16 nitrogen and oxygen atoms in total. The monoisotopic (exact) mass is 820 g/mol. The fourth-order valence-corrected chi connectivity index (χ4v) is 8.07. The summed E-state index contributed by atoms with van der Waals surface area (Å²) in [4.78, 5) is 67.5. The van der Waals surface area contributed by atoms with E-state index in [0.29, 0.717) is 63.8 Å². The first kappa shape index (κ1) is 41.9. The van der Waals surface area contributed by atoms with E-state index in [1.807, 2.05) is 32.0 Å². The number of carbonyl (C=O) groups excluding carboxylic acids is 3. The van der Waals surface area contributed by atoms with Gasteiger partial charge in [-0.1, -0.05) is 48.5 Å². The average molecular weight is 821 g/mol. The van der Waals surface area contributed by atoms with Crippen LogP contribution in [0.4, 0.5) is 9.59 Å². The van der Waals surface area contributed by atoms with Crippen LogP contribution in [0.5, 0.6) is 0 Å². The summed E-state index contributed by atoms with van der Waals surface area (Å²) in [5, 5.41) is 20.5. The van der Waals surface area contributed by atoms with Crippen LogP contribution in [0.25, 0.3) is 44.4 Å². The molecule has 2 saturated heterocycles. The van der Waals surface area contributed by atoms with Gasteiger partial charge in [-0.3, -0.25) is 14.5 Å². The van der Waals surface area contributed by atoms with E-state index in [1.165, 1.54) is 14.2 Å². The molecule has 4 heterocycles. The van der Waals surface area contributed by atoms with Gasteiger partial charge in [-0.25, -0.2) is 19.6 Å². The number of hydrogen-bond donors (Lipinski definition) is 6. The predicted molar refractivity (Wildman–Crippen MR) is 224 cm³/mol. The van der Waals surface area contributed by atoms with Crippen molar-refractivity contribution in [1.82, 2.24) is 40.8 Å². The van der Waals surface area contributed by atoms with Gasteiger partial charge in [-0.05, 0) is 91.0 Å². The van der Waals surface area contributed by atoms with Crippen LogP contribution >= 0.6 is 0 Å². The van der Waals surface area contributed by atoms with E-state index in [9.17, 15) is 24.3 Å². The maximum Gasteiger partial charge on any atom is 0.407 e. The number of likely N-dealkylation sites (N-methyl/N-ethyl adjacent to an activating group) is 1. The average Bonchev–Trinajstić information content (AvgIpc) is 3.98. The molecule has 2 aromatic heterocycles. The van der Waals surface area contributed by atoms with Gasteiger partial charge < -0.3 is 45.2 Å². The highest BCUT2D eigenvalue weighted by molar-refractivity contribution is 5.91. The summed E-state index contributed by atoms with van der Waals surface area (Å²) in [5.74, 6) is 0.299. The Morgan fingerprint density at radius 1 is 0.700 bits per heavy atom. The van der Waals surface area contributed by atoms with E-state index >= 15 is 0 Å². The zero-order valence-corrected chi connectivity index (χ0v) is 34.2. The van der Waals surface area contributed by atoms with Gasteiger partial charge >= 0.3 is 12.2 Å².